The molecule has 0 radical (unpaired) electrons. The van der Waals surface area contributed by atoms with Crippen molar-refractivity contribution in [3.63, 3.8) is 0 Å². The van der Waals surface area contributed by atoms with Gasteiger partial charge in [-0.05, 0) is 25.2 Å². The van der Waals surface area contributed by atoms with Crippen molar-refractivity contribution in [1.82, 2.24) is 4.90 Å². The molecular formula is C14H22N2O2. The van der Waals surface area contributed by atoms with Gasteiger partial charge in [0.05, 0.1) is 12.2 Å². The van der Waals surface area contributed by atoms with Crippen molar-refractivity contribution in [2.75, 3.05) is 13.1 Å². The summed E-state index contributed by atoms with van der Waals surface area (Å²) in [6.07, 6.45) is 4.81. The van der Waals surface area contributed by atoms with E-state index < -0.39 is 11.5 Å². The van der Waals surface area contributed by atoms with Crippen LogP contribution in [0.4, 0.5) is 0 Å². The first-order valence-electron chi connectivity index (χ1n) is 6.98. The van der Waals surface area contributed by atoms with Crippen LogP contribution in [-0.2, 0) is 4.79 Å². The van der Waals surface area contributed by atoms with Crippen LogP contribution in [0.15, 0.2) is 0 Å². The van der Waals surface area contributed by atoms with Gasteiger partial charge in [-0.15, -0.1) is 0 Å². The number of rotatable bonds is 1. The smallest absolute Gasteiger partial charge is 0.243 e. The molecule has 1 amide bonds. The van der Waals surface area contributed by atoms with E-state index in [-0.39, 0.29) is 11.8 Å². The summed E-state index contributed by atoms with van der Waals surface area (Å²) < 4.78 is 0. The quantitative estimate of drug-likeness (QED) is 0.770. The number of aliphatic hydroxyl groups excluding tert-OH is 1. The number of aliphatic hydroxyl groups is 1. The molecule has 1 aliphatic carbocycles. The van der Waals surface area contributed by atoms with E-state index in [0.717, 1.165) is 25.7 Å². The molecule has 100 valence electrons. The Morgan fingerprint density at radius 1 is 1.39 bits per heavy atom. The second kappa shape index (κ2) is 5.27. The molecule has 2 aliphatic rings. The van der Waals surface area contributed by atoms with Gasteiger partial charge in [0.2, 0.25) is 5.91 Å². The maximum atomic E-state index is 12.6. The van der Waals surface area contributed by atoms with Gasteiger partial charge in [0, 0.05) is 13.1 Å². The van der Waals surface area contributed by atoms with Crippen molar-refractivity contribution in [2.45, 2.75) is 51.6 Å². The Hall–Kier alpha value is -1.08. The molecule has 0 aromatic heterocycles. The van der Waals surface area contributed by atoms with Gasteiger partial charge in [0.1, 0.15) is 5.41 Å². The predicted octanol–water partition coefficient (Wildman–Crippen LogP) is 1.69. The lowest BCUT2D eigenvalue weighted by molar-refractivity contribution is -0.144. The number of nitrogens with zero attached hydrogens (tertiary/aromatic N) is 2. The van der Waals surface area contributed by atoms with Gasteiger partial charge < -0.3 is 10.0 Å². The first-order valence-corrected chi connectivity index (χ1v) is 6.98. The Morgan fingerprint density at radius 3 is 2.61 bits per heavy atom. The number of β-amino-alcohol motifs (C(OH)–C–C–N with tert-alkyl or cyclic N) is 1. The minimum Gasteiger partial charge on any atom is -0.391 e. The van der Waals surface area contributed by atoms with Gasteiger partial charge in [0.15, 0.2) is 0 Å². The molecule has 0 aromatic rings. The summed E-state index contributed by atoms with van der Waals surface area (Å²) in [4.78, 5) is 14.3. The molecule has 2 unspecified atom stereocenters. The van der Waals surface area contributed by atoms with Crippen LogP contribution in [0.25, 0.3) is 0 Å². The SMILES string of the molecule is CC1CCN(C(=O)C2(C#N)CCCCC2)CC1O. The van der Waals surface area contributed by atoms with Crippen molar-refractivity contribution in [1.29, 1.82) is 5.26 Å². The number of carbonyl (C=O) groups excluding carboxylic acids is 1. The topological polar surface area (TPSA) is 64.3 Å². The van der Waals surface area contributed by atoms with Crippen LogP contribution in [0, 0.1) is 22.7 Å². The highest BCUT2D eigenvalue weighted by Gasteiger charge is 2.43. The minimum absolute atomic E-state index is 0.0457. The van der Waals surface area contributed by atoms with E-state index in [1.54, 1.807) is 4.90 Å². The monoisotopic (exact) mass is 250 g/mol. The molecule has 2 atom stereocenters. The molecule has 0 bridgehead atoms. The molecule has 0 spiro atoms. The third-order valence-corrected chi connectivity index (χ3v) is 4.54. The van der Waals surface area contributed by atoms with Crippen LogP contribution in [0.3, 0.4) is 0 Å². The van der Waals surface area contributed by atoms with E-state index in [1.807, 2.05) is 6.92 Å². The highest BCUT2D eigenvalue weighted by atomic mass is 16.3. The Labute approximate surface area is 109 Å². The molecular weight excluding hydrogens is 228 g/mol. The maximum absolute atomic E-state index is 12.6. The number of hydrogen-bond acceptors (Lipinski definition) is 3. The number of amides is 1. The molecule has 1 saturated carbocycles. The van der Waals surface area contributed by atoms with Crippen LogP contribution >= 0.6 is 0 Å². The standard InChI is InChI=1S/C14H22N2O2/c1-11-5-8-16(9-12(11)17)13(18)14(10-15)6-3-2-4-7-14/h11-12,17H,2-9H2,1H3. The van der Waals surface area contributed by atoms with Crippen LogP contribution < -0.4 is 0 Å². The van der Waals surface area contributed by atoms with Crippen LogP contribution in [0.5, 0.6) is 0 Å². The zero-order valence-corrected chi connectivity index (χ0v) is 11.1. The molecule has 1 N–H and O–H groups in total. The average Bonchev–Trinajstić information content (AvgIpc) is 2.42. The van der Waals surface area contributed by atoms with Gasteiger partial charge >= 0.3 is 0 Å². The Balaban J connectivity index is 2.08. The summed E-state index contributed by atoms with van der Waals surface area (Å²) in [6, 6.07) is 2.27. The number of nitriles is 1. The van der Waals surface area contributed by atoms with E-state index in [0.29, 0.717) is 25.9 Å². The predicted molar refractivity (Wildman–Crippen MR) is 67.5 cm³/mol. The first kappa shape index (κ1) is 13.4. The molecule has 0 aromatic carbocycles. The fraction of sp³-hybridized carbons (Fsp3) is 0.857. The van der Waals surface area contributed by atoms with Crippen molar-refractivity contribution in [3.8, 4) is 6.07 Å². The maximum Gasteiger partial charge on any atom is 0.243 e. The number of carbonyl (C=O) groups is 1. The number of piperidine rings is 1. The van der Waals surface area contributed by atoms with Crippen molar-refractivity contribution >= 4 is 5.91 Å². The highest BCUT2D eigenvalue weighted by Crippen LogP contribution is 2.38. The van der Waals surface area contributed by atoms with Gasteiger partial charge in [-0.25, -0.2) is 0 Å². The summed E-state index contributed by atoms with van der Waals surface area (Å²) in [5, 5.41) is 19.3. The summed E-state index contributed by atoms with van der Waals surface area (Å²) in [7, 11) is 0. The summed E-state index contributed by atoms with van der Waals surface area (Å²) in [6.45, 7) is 3.08. The molecule has 4 nitrogen and oxygen atoms in total. The van der Waals surface area contributed by atoms with E-state index in [9.17, 15) is 15.2 Å². The lowest BCUT2D eigenvalue weighted by Gasteiger charge is -2.39. The Bertz CT molecular complexity index is 355. The second-order valence-corrected chi connectivity index (χ2v) is 5.84. The molecule has 18 heavy (non-hydrogen) atoms. The lowest BCUT2D eigenvalue weighted by atomic mass is 9.74. The summed E-state index contributed by atoms with van der Waals surface area (Å²) in [5.74, 6) is 0.203. The molecule has 4 heteroatoms. The Kier molecular flexibility index (Phi) is 3.91. The van der Waals surface area contributed by atoms with E-state index in [4.69, 9.17) is 0 Å². The van der Waals surface area contributed by atoms with Crippen molar-refractivity contribution < 1.29 is 9.90 Å². The molecule has 1 saturated heterocycles. The van der Waals surface area contributed by atoms with Gasteiger partial charge in [0.25, 0.3) is 0 Å². The number of likely N-dealkylation sites (tertiary alicyclic amines) is 1. The molecule has 1 heterocycles. The summed E-state index contributed by atoms with van der Waals surface area (Å²) in [5.41, 5.74) is -0.807. The van der Waals surface area contributed by atoms with E-state index in [2.05, 4.69) is 6.07 Å². The zero-order chi connectivity index (χ0) is 13.2. The van der Waals surface area contributed by atoms with E-state index >= 15 is 0 Å². The molecule has 2 fully saturated rings. The largest absolute Gasteiger partial charge is 0.391 e. The third-order valence-electron chi connectivity index (χ3n) is 4.54. The van der Waals surface area contributed by atoms with Crippen molar-refractivity contribution in [3.05, 3.63) is 0 Å². The molecule has 2 rings (SSSR count). The van der Waals surface area contributed by atoms with Crippen molar-refractivity contribution in [2.24, 2.45) is 11.3 Å². The van der Waals surface area contributed by atoms with Gasteiger partial charge in [-0.2, -0.15) is 5.26 Å². The van der Waals surface area contributed by atoms with E-state index in [1.165, 1.54) is 0 Å². The molecule has 1 aliphatic heterocycles. The zero-order valence-electron chi connectivity index (χ0n) is 11.1. The average molecular weight is 250 g/mol. The fourth-order valence-corrected chi connectivity index (χ4v) is 3.06. The highest BCUT2D eigenvalue weighted by molar-refractivity contribution is 5.85. The van der Waals surface area contributed by atoms with Gasteiger partial charge in [-0.1, -0.05) is 26.2 Å². The first-order chi connectivity index (χ1) is 8.59. The number of hydrogen-bond donors (Lipinski definition) is 1. The summed E-state index contributed by atoms with van der Waals surface area (Å²) >= 11 is 0. The van der Waals surface area contributed by atoms with Crippen LogP contribution in [0.1, 0.15) is 45.4 Å². The fourth-order valence-electron chi connectivity index (χ4n) is 3.06. The lowest BCUT2D eigenvalue weighted by Crippen LogP contribution is -2.51. The minimum atomic E-state index is -0.807. The third kappa shape index (κ3) is 2.37. The second-order valence-electron chi connectivity index (χ2n) is 5.84. The van der Waals surface area contributed by atoms with Gasteiger partial charge in [-0.3, -0.25) is 4.79 Å². The normalized spacial score (nSPS) is 31.7. The Morgan fingerprint density at radius 2 is 2.06 bits per heavy atom. The van der Waals surface area contributed by atoms with Crippen LogP contribution in [-0.4, -0.2) is 35.1 Å². The van der Waals surface area contributed by atoms with Crippen LogP contribution in [0.2, 0.25) is 0 Å².